The third kappa shape index (κ3) is 7.70. The first-order valence-electron chi connectivity index (χ1n) is 11.1. The minimum absolute atomic E-state index is 0.353. The number of hydrogen-bond acceptors (Lipinski definition) is 8. The van der Waals surface area contributed by atoms with Crippen LogP contribution in [-0.4, -0.2) is 33.7 Å². The fraction of sp³-hybridized carbons (Fsp3) is 0.360. The van der Waals surface area contributed by atoms with Crippen LogP contribution in [0.25, 0.3) is 21.9 Å². The predicted octanol–water partition coefficient (Wildman–Crippen LogP) is 7.42. The second-order valence-electron chi connectivity index (χ2n) is 9.96. The lowest BCUT2D eigenvalue weighted by molar-refractivity contribution is 0.0623. The van der Waals surface area contributed by atoms with Crippen LogP contribution in [0, 0.1) is 6.92 Å². The average Bonchev–Trinajstić information content (AvgIpc) is 3.29. The van der Waals surface area contributed by atoms with E-state index in [1.165, 1.54) is 0 Å². The van der Waals surface area contributed by atoms with Gasteiger partial charge >= 0.3 is 12.2 Å². The third-order valence-corrected chi connectivity index (χ3v) is 4.79. The number of aromatic nitrogens is 2. The van der Waals surface area contributed by atoms with Gasteiger partial charge in [0.25, 0.3) is 0 Å². The first-order valence-corrected chi connectivity index (χ1v) is 11.9. The van der Waals surface area contributed by atoms with Crippen molar-refractivity contribution in [3.63, 3.8) is 0 Å². The number of fused-ring (bicyclic) bond motifs is 2. The Bertz CT molecular complexity index is 1270. The number of halogens is 1. The number of nitrogens with zero attached hydrogens (tertiary/aromatic N) is 2. The maximum Gasteiger partial charge on any atom is 0.413 e. The molecule has 0 saturated carbocycles. The minimum Gasteiger partial charge on any atom is -0.444 e. The molecule has 36 heavy (non-hydrogen) atoms. The lowest BCUT2D eigenvalue weighted by Gasteiger charge is -2.19. The molecule has 11 heteroatoms. The van der Waals surface area contributed by atoms with Crippen LogP contribution in [0.15, 0.2) is 49.9 Å². The Hall–Kier alpha value is -3.60. The minimum atomic E-state index is -0.555. The first-order chi connectivity index (χ1) is 16.7. The molecule has 0 radical (unpaired) electrons. The van der Waals surface area contributed by atoms with Crippen LogP contribution >= 0.6 is 15.9 Å². The standard InChI is InChI=1S/C13H16N2O3.C12H13BrN2O3/c1-8-5-6-9-10(7-8)18-15-11(9)14-12(16)17-13(2,3)4;1-12(2,3)17-11(16)14-10-8-5-4-7(13)6-9(8)18-15-10/h5-7H,1-4H3,(H,14,15,16);4-6H,1-3H3,(H,14,15,16). The highest BCUT2D eigenvalue weighted by Gasteiger charge is 2.19. The Kier molecular flexibility index (Phi) is 7.92. The molecule has 10 nitrogen and oxygen atoms in total. The van der Waals surface area contributed by atoms with Gasteiger partial charge in [-0.3, -0.25) is 10.6 Å². The molecule has 2 amide bonds. The zero-order valence-corrected chi connectivity index (χ0v) is 22.8. The van der Waals surface area contributed by atoms with Crippen molar-refractivity contribution in [2.24, 2.45) is 0 Å². The number of nitrogens with one attached hydrogen (secondary N) is 2. The van der Waals surface area contributed by atoms with E-state index in [-0.39, 0.29) is 0 Å². The SMILES string of the molecule is CC(C)(C)OC(=O)Nc1noc2cc(Br)ccc12.Cc1ccc2c(NC(=O)OC(C)(C)C)noc2c1. The van der Waals surface area contributed by atoms with Crippen LogP contribution in [0.5, 0.6) is 0 Å². The lowest BCUT2D eigenvalue weighted by atomic mass is 10.2. The summed E-state index contributed by atoms with van der Waals surface area (Å²) in [5.74, 6) is 0.728. The molecule has 2 N–H and O–H groups in total. The van der Waals surface area contributed by atoms with E-state index in [1.54, 1.807) is 47.6 Å². The summed E-state index contributed by atoms with van der Waals surface area (Å²) in [6, 6.07) is 11.1. The van der Waals surface area contributed by atoms with Gasteiger partial charge in [-0.2, -0.15) is 0 Å². The summed E-state index contributed by atoms with van der Waals surface area (Å²) in [6.07, 6.45) is -1.10. The van der Waals surface area contributed by atoms with Gasteiger partial charge in [-0.15, -0.1) is 0 Å². The van der Waals surface area contributed by atoms with Gasteiger partial charge < -0.3 is 18.5 Å². The van der Waals surface area contributed by atoms with Gasteiger partial charge in [0, 0.05) is 4.47 Å². The topological polar surface area (TPSA) is 129 Å². The Morgan fingerprint density at radius 1 is 0.778 bits per heavy atom. The van der Waals surface area contributed by atoms with Crippen LogP contribution in [0.4, 0.5) is 21.2 Å². The maximum absolute atomic E-state index is 11.6. The Morgan fingerprint density at radius 3 is 1.69 bits per heavy atom. The van der Waals surface area contributed by atoms with E-state index in [1.807, 2.05) is 37.3 Å². The van der Waals surface area contributed by atoms with Crippen molar-refractivity contribution >= 4 is 61.7 Å². The van der Waals surface area contributed by atoms with Crippen LogP contribution < -0.4 is 10.6 Å². The number of amides is 2. The summed E-state index contributed by atoms with van der Waals surface area (Å²) in [5, 5.41) is 14.2. The van der Waals surface area contributed by atoms with Gasteiger partial charge in [-0.25, -0.2) is 9.59 Å². The third-order valence-electron chi connectivity index (χ3n) is 4.30. The van der Waals surface area contributed by atoms with Gasteiger partial charge in [0.05, 0.1) is 10.8 Å². The number of aryl methyl sites for hydroxylation is 1. The summed E-state index contributed by atoms with van der Waals surface area (Å²) < 4.78 is 21.4. The molecule has 4 rings (SSSR count). The van der Waals surface area contributed by atoms with Crippen molar-refractivity contribution in [2.45, 2.75) is 59.7 Å². The van der Waals surface area contributed by atoms with E-state index < -0.39 is 23.4 Å². The van der Waals surface area contributed by atoms with Gasteiger partial charge in [0.15, 0.2) is 22.8 Å². The molecule has 0 unspecified atom stereocenters. The molecule has 0 aliphatic rings. The molecule has 192 valence electrons. The molecule has 0 bridgehead atoms. The summed E-state index contributed by atoms with van der Waals surface area (Å²) in [6.45, 7) is 12.8. The summed E-state index contributed by atoms with van der Waals surface area (Å²) in [7, 11) is 0. The number of rotatable bonds is 2. The Morgan fingerprint density at radius 2 is 1.22 bits per heavy atom. The molecule has 0 saturated heterocycles. The van der Waals surface area contributed by atoms with Crippen LogP contribution in [0.2, 0.25) is 0 Å². The largest absolute Gasteiger partial charge is 0.444 e. The van der Waals surface area contributed by atoms with Crippen molar-refractivity contribution in [1.29, 1.82) is 0 Å². The first kappa shape index (κ1) is 27.0. The number of carbonyl (C=O) groups excluding carboxylic acids is 2. The molecule has 0 fully saturated rings. The summed E-state index contributed by atoms with van der Waals surface area (Å²) in [5.41, 5.74) is 1.21. The predicted molar refractivity (Wildman–Crippen MR) is 140 cm³/mol. The molecule has 2 heterocycles. The second-order valence-corrected chi connectivity index (χ2v) is 10.9. The highest BCUT2D eigenvalue weighted by Crippen LogP contribution is 2.26. The number of anilines is 2. The quantitative estimate of drug-likeness (QED) is 0.259. The average molecular weight is 561 g/mol. The zero-order valence-electron chi connectivity index (χ0n) is 21.2. The van der Waals surface area contributed by atoms with Crippen LogP contribution in [0.1, 0.15) is 47.1 Å². The molecule has 0 atom stereocenters. The van der Waals surface area contributed by atoms with E-state index in [0.29, 0.717) is 22.8 Å². The fourth-order valence-corrected chi connectivity index (χ4v) is 3.28. The Balaban J connectivity index is 0.000000201. The molecule has 2 aromatic heterocycles. The highest BCUT2D eigenvalue weighted by molar-refractivity contribution is 9.10. The number of carbonyl (C=O) groups is 2. The summed E-state index contributed by atoms with van der Waals surface area (Å²) >= 11 is 3.33. The smallest absolute Gasteiger partial charge is 0.413 e. The normalized spacial score (nSPS) is 11.6. The highest BCUT2D eigenvalue weighted by atomic mass is 79.9. The van der Waals surface area contributed by atoms with Gasteiger partial charge in [-0.1, -0.05) is 32.3 Å². The molecular formula is C25H29BrN4O6. The molecule has 4 aromatic rings. The summed E-state index contributed by atoms with van der Waals surface area (Å²) in [4.78, 5) is 23.2. The molecule has 0 aliphatic heterocycles. The van der Waals surface area contributed by atoms with Gasteiger partial charge in [0.1, 0.15) is 11.2 Å². The van der Waals surface area contributed by atoms with Gasteiger partial charge in [0.2, 0.25) is 0 Å². The Labute approximate surface area is 216 Å². The van der Waals surface area contributed by atoms with E-state index >= 15 is 0 Å². The maximum atomic E-state index is 11.6. The van der Waals surface area contributed by atoms with Crippen LogP contribution in [0.3, 0.4) is 0 Å². The van der Waals surface area contributed by atoms with Crippen molar-refractivity contribution in [3.8, 4) is 0 Å². The monoisotopic (exact) mass is 560 g/mol. The molecule has 2 aromatic carbocycles. The van der Waals surface area contributed by atoms with E-state index in [0.717, 1.165) is 20.8 Å². The molecular weight excluding hydrogens is 532 g/mol. The molecule has 0 aliphatic carbocycles. The zero-order chi connectivity index (χ0) is 26.7. The van der Waals surface area contributed by atoms with Crippen molar-refractivity contribution in [3.05, 3.63) is 46.4 Å². The second kappa shape index (κ2) is 10.6. The van der Waals surface area contributed by atoms with Crippen molar-refractivity contribution in [2.75, 3.05) is 10.6 Å². The number of hydrogen-bond donors (Lipinski definition) is 2. The lowest BCUT2D eigenvalue weighted by Crippen LogP contribution is -2.27. The van der Waals surface area contributed by atoms with Gasteiger partial charge in [-0.05, 0) is 84.4 Å². The van der Waals surface area contributed by atoms with Crippen LogP contribution in [-0.2, 0) is 9.47 Å². The fourth-order valence-electron chi connectivity index (χ4n) is 2.94. The van der Waals surface area contributed by atoms with E-state index in [4.69, 9.17) is 18.5 Å². The van der Waals surface area contributed by atoms with Crippen molar-refractivity contribution in [1.82, 2.24) is 10.3 Å². The van der Waals surface area contributed by atoms with E-state index in [9.17, 15) is 9.59 Å². The molecule has 0 spiro atoms. The number of ether oxygens (including phenoxy) is 2. The van der Waals surface area contributed by atoms with Crippen molar-refractivity contribution < 1.29 is 28.1 Å². The van der Waals surface area contributed by atoms with E-state index in [2.05, 4.69) is 36.9 Å². The number of benzene rings is 2.